The molecule has 0 aromatic heterocycles. The number of para-hydroxylation sites is 1. The molecule has 0 aliphatic carbocycles. The van der Waals surface area contributed by atoms with E-state index >= 15 is 0 Å². The van der Waals surface area contributed by atoms with Crippen LogP contribution >= 0.6 is 0 Å². The molecule has 2 N–H and O–H groups in total. The molecule has 0 amide bonds. The highest BCUT2D eigenvalue weighted by Gasteiger charge is 2.26. The summed E-state index contributed by atoms with van der Waals surface area (Å²) in [6, 6.07) is 7.61. The van der Waals surface area contributed by atoms with Gasteiger partial charge in [0.15, 0.2) is 0 Å². The maximum atomic E-state index is 14.0. The lowest BCUT2D eigenvalue weighted by Crippen LogP contribution is -2.25. The number of aromatic carboxylic acids is 1. The quantitative estimate of drug-likeness (QED) is 0.785. The van der Waals surface area contributed by atoms with Gasteiger partial charge in [0.05, 0.1) is 11.3 Å². The zero-order valence-corrected chi connectivity index (χ0v) is 12.8. The Kier molecular flexibility index (Phi) is 4.79. The number of aryl methyl sites for hydroxylation is 2. The summed E-state index contributed by atoms with van der Waals surface area (Å²) in [5.74, 6) is -1.26. The van der Waals surface area contributed by atoms with Gasteiger partial charge in [-0.3, -0.25) is 0 Å². The number of hydrogen-bond donors (Lipinski definition) is 2. The lowest BCUT2D eigenvalue weighted by molar-refractivity contribution is 0.0695. The van der Waals surface area contributed by atoms with E-state index in [4.69, 9.17) is 5.11 Å². The number of carbonyl (C=O) groups is 1. The average Bonchev–Trinajstić information content (AvgIpc) is 2.48. The van der Waals surface area contributed by atoms with Crippen molar-refractivity contribution in [2.45, 2.75) is 19.9 Å². The van der Waals surface area contributed by atoms with Crippen molar-refractivity contribution in [3.05, 3.63) is 70.8 Å². The van der Waals surface area contributed by atoms with E-state index in [1.165, 1.54) is 30.3 Å². The lowest BCUT2D eigenvalue weighted by Gasteiger charge is -2.17. The van der Waals surface area contributed by atoms with Crippen molar-refractivity contribution in [1.82, 2.24) is 0 Å². The van der Waals surface area contributed by atoms with Gasteiger partial charge >= 0.3 is 12.0 Å². The Labute approximate surface area is 133 Å². The average molecular weight is 317 g/mol. The molecule has 0 heterocycles. The minimum atomic E-state index is -3.37. The Morgan fingerprint density at radius 2 is 1.83 bits per heavy atom. The molecule has 120 valence electrons. The molecule has 0 saturated heterocycles. The zero-order valence-electron chi connectivity index (χ0n) is 12.8. The predicted molar refractivity (Wildman–Crippen MR) is 86.9 cm³/mol. The Balaban J connectivity index is 2.20. The van der Waals surface area contributed by atoms with Crippen LogP contribution in [0.3, 0.4) is 0 Å². The summed E-state index contributed by atoms with van der Waals surface area (Å²) in [5.41, 5.74) is 2.42. The van der Waals surface area contributed by atoms with Crippen LogP contribution in [0.2, 0.25) is 0 Å². The van der Waals surface area contributed by atoms with E-state index in [0.717, 1.165) is 17.2 Å². The monoisotopic (exact) mass is 317 g/mol. The highest BCUT2D eigenvalue weighted by atomic mass is 19.3. The number of carboxylic acids is 1. The van der Waals surface area contributed by atoms with Crippen molar-refractivity contribution in [3.63, 3.8) is 0 Å². The number of halogens is 2. The normalized spacial score (nSPS) is 11.7. The van der Waals surface area contributed by atoms with Crippen LogP contribution in [0.1, 0.15) is 27.0 Å². The first-order valence-corrected chi connectivity index (χ1v) is 7.03. The van der Waals surface area contributed by atoms with Gasteiger partial charge in [-0.1, -0.05) is 36.4 Å². The number of rotatable bonds is 5. The number of benzene rings is 2. The molecule has 0 radical (unpaired) electrons. The van der Waals surface area contributed by atoms with E-state index in [0.29, 0.717) is 5.56 Å². The summed E-state index contributed by atoms with van der Waals surface area (Å²) in [5, 5.41) is 11.0. The third-order valence-electron chi connectivity index (χ3n) is 3.47. The van der Waals surface area contributed by atoms with Crippen LogP contribution in [0.25, 0.3) is 6.08 Å². The maximum absolute atomic E-state index is 14.0. The first-order valence-electron chi connectivity index (χ1n) is 7.03. The van der Waals surface area contributed by atoms with Gasteiger partial charge < -0.3 is 10.4 Å². The second kappa shape index (κ2) is 6.60. The first-order chi connectivity index (χ1) is 10.8. The van der Waals surface area contributed by atoms with Gasteiger partial charge in [-0.05, 0) is 42.7 Å². The van der Waals surface area contributed by atoms with Crippen LogP contribution in [-0.4, -0.2) is 17.1 Å². The highest BCUT2D eigenvalue weighted by molar-refractivity contribution is 5.94. The molecule has 0 fully saturated rings. The van der Waals surface area contributed by atoms with Gasteiger partial charge in [0.25, 0.3) is 0 Å². The van der Waals surface area contributed by atoms with Crippen LogP contribution in [0.15, 0.2) is 48.5 Å². The fourth-order valence-electron chi connectivity index (χ4n) is 2.07. The largest absolute Gasteiger partial charge is 0.478 e. The van der Waals surface area contributed by atoms with Crippen molar-refractivity contribution in [2.75, 3.05) is 5.32 Å². The van der Waals surface area contributed by atoms with Crippen LogP contribution in [0.4, 0.5) is 14.5 Å². The molecule has 0 saturated carbocycles. The second-order valence-electron chi connectivity index (χ2n) is 5.28. The van der Waals surface area contributed by atoms with Crippen LogP contribution < -0.4 is 5.32 Å². The van der Waals surface area contributed by atoms with E-state index in [2.05, 4.69) is 0 Å². The Bertz CT molecular complexity index is 754. The summed E-state index contributed by atoms with van der Waals surface area (Å²) in [6.45, 7) is 3.86. The number of carboxylic acid groups (broad SMARTS) is 1. The molecule has 23 heavy (non-hydrogen) atoms. The minimum absolute atomic E-state index is 0.130. The third kappa shape index (κ3) is 4.39. The summed E-state index contributed by atoms with van der Waals surface area (Å²) in [7, 11) is 0. The Morgan fingerprint density at radius 3 is 2.48 bits per heavy atom. The summed E-state index contributed by atoms with van der Waals surface area (Å²) >= 11 is 0. The van der Waals surface area contributed by atoms with Crippen molar-refractivity contribution < 1.29 is 18.7 Å². The second-order valence-corrected chi connectivity index (χ2v) is 5.28. The number of hydrogen-bond acceptors (Lipinski definition) is 2. The maximum Gasteiger partial charge on any atom is 0.343 e. The van der Waals surface area contributed by atoms with Gasteiger partial charge in [-0.2, -0.15) is 8.78 Å². The molecular weight excluding hydrogens is 300 g/mol. The lowest BCUT2D eigenvalue weighted by atomic mass is 10.1. The van der Waals surface area contributed by atoms with E-state index in [1.54, 1.807) is 6.07 Å². The van der Waals surface area contributed by atoms with Crippen molar-refractivity contribution >= 4 is 17.7 Å². The zero-order chi connectivity index (χ0) is 17.0. The summed E-state index contributed by atoms with van der Waals surface area (Å²) in [4.78, 5) is 11.1. The third-order valence-corrected chi connectivity index (χ3v) is 3.47. The molecule has 5 heteroatoms. The van der Waals surface area contributed by atoms with Crippen molar-refractivity contribution in [2.24, 2.45) is 0 Å². The molecule has 0 spiro atoms. The number of nitrogens with one attached hydrogen (secondary N) is 1. The molecule has 3 nitrogen and oxygen atoms in total. The predicted octanol–water partition coefficient (Wildman–Crippen LogP) is 4.72. The van der Waals surface area contributed by atoms with Crippen LogP contribution in [0, 0.1) is 13.8 Å². The molecule has 0 atom stereocenters. The van der Waals surface area contributed by atoms with Gasteiger partial charge in [-0.15, -0.1) is 0 Å². The minimum Gasteiger partial charge on any atom is -0.478 e. The SMILES string of the molecule is Cc1ccc(/C=C/C(F)(F)Nc2ccccc2C(=O)O)cc1C. The molecule has 0 aliphatic heterocycles. The van der Waals surface area contributed by atoms with E-state index < -0.39 is 12.0 Å². The van der Waals surface area contributed by atoms with Crippen LogP contribution in [0.5, 0.6) is 0 Å². The van der Waals surface area contributed by atoms with E-state index in [-0.39, 0.29) is 11.3 Å². The molecule has 0 aliphatic rings. The highest BCUT2D eigenvalue weighted by Crippen LogP contribution is 2.24. The molecule has 0 unspecified atom stereocenters. The van der Waals surface area contributed by atoms with E-state index in [1.807, 2.05) is 31.3 Å². The first kappa shape index (κ1) is 16.7. The topological polar surface area (TPSA) is 49.3 Å². The molecule has 2 aromatic rings. The van der Waals surface area contributed by atoms with Gasteiger partial charge in [0.1, 0.15) is 0 Å². The number of alkyl halides is 2. The molecule has 0 bridgehead atoms. The van der Waals surface area contributed by atoms with E-state index in [9.17, 15) is 13.6 Å². The Hall–Kier alpha value is -2.69. The molecule has 2 rings (SSSR count). The number of anilines is 1. The van der Waals surface area contributed by atoms with Crippen molar-refractivity contribution in [3.8, 4) is 0 Å². The fourth-order valence-corrected chi connectivity index (χ4v) is 2.07. The fraction of sp³-hybridized carbons (Fsp3) is 0.167. The summed E-state index contributed by atoms with van der Waals surface area (Å²) in [6.07, 6.45) is 2.03. The van der Waals surface area contributed by atoms with Crippen LogP contribution in [-0.2, 0) is 0 Å². The molecule has 2 aromatic carbocycles. The smallest absolute Gasteiger partial charge is 0.343 e. The standard InChI is InChI=1S/C18H17F2NO2/c1-12-7-8-14(11-13(12)2)9-10-18(19,20)21-16-6-4-3-5-15(16)17(22)23/h3-11,21H,1-2H3,(H,22,23)/b10-9+. The summed E-state index contributed by atoms with van der Waals surface area (Å²) < 4.78 is 28.1. The Morgan fingerprint density at radius 1 is 1.13 bits per heavy atom. The van der Waals surface area contributed by atoms with Crippen molar-refractivity contribution in [1.29, 1.82) is 0 Å². The molecular formula is C18H17F2NO2. The van der Waals surface area contributed by atoms with Gasteiger partial charge in [0, 0.05) is 6.08 Å². The van der Waals surface area contributed by atoms with Gasteiger partial charge in [-0.25, -0.2) is 4.79 Å². The van der Waals surface area contributed by atoms with Gasteiger partial charge in [0.2, 0.25) is 0 Å².